The minimum atomic E-state index is -0.168. The van der Waals surface area contributed by atoms with Gasteiger partial charge in [-0.1, -0.05) is 25.8 Å². The molecule has 0 unspecified atom stereocenters. The lowest BCUT2D eigenvalue weighted by molar-refractivity contribution is 0.245. The molecule has 0 radical (unpaired) electrons. The third kappa shape index (κ3) is 5.07. The van der Waals surface area contributed by atoms with Gasteiger partial charge in [-0.2, -0.15) is 0 Å². The third-order valence-electron chi connectivity index (χ3n) is 4.85. The van der Waals surface area contributed by atoms with Gasteiger partial charge in [-0.25, -0.2) is 4.39 Å². The molecule has 3 heteroatoms. The number of benzene rings is 1. The highest BCUT2D eigenvalue weighted by atomic mass is 79.9. The van der Waals surface area contributed by atoms with Crippen LogP contribution in [0.15, 0.2) is 22.7 Å². The number of rotatable bonds is 8. The van der Waals surface area contributed by atoms with Crippen LogP contribution in [0.3, 0.4) is 0 Å². The van der Waals surface area contributed by atoms with Gasteiger partial charge in [-0.15, -0.1) is 0 Å². The zero-order chi connectivity index (χ0) is 15.1. The summed E-state index contributed by atoms with van der Waals surface area (Å²) in [4.78, 5) is 0. The summed E-state index contributed by atoms with van der Waals surface area (Å²) in [6.07, 6.45) is 10.3. The lowest BCUT2D eigenvalue weighted by atomic mass is 9.77. The fraction of sp³-hybridized carbons (Fsp3) is 0.667. The van der Waals surface area contributed by atoms with Crippen LogP contribution in [0.5, 0.6) is 0 Å². The topological polar surface area (TPSA) is 12.0 Å². The van der Waals surface area contributed by atoms with Crippen molar-refractivity contribution in [1.82, 2.24) is 5.32 Å². The summed E-state index contributed by atoms with van der Waals surface area (Å²) in [5.74, 6) is -0.168. The van der Waals surface area contributed by atoms with Crippen molar-refractivity contribution in [2.75, 3.05) is 13.1 Å². The Labute approximate surface area is 136 Å². The van der Waals surface area contributed by atoms with Crippen LogP contribution >= 0.6 is 15.9 Å². The van der Waals surface area contributed by atoms with Crippen LogP contribution in [0.1, 0.15) is 57.4 Å². The first-order valence-electron chi connectivity index (χ1n) is 8.30. The van der Waals surface area contributed by atoms with E-state index < -0.39 is 0 Å². The molecule has 0 heterocycles. The second kappa shape index (κ2) is 8.28. The molecule has 118 valence electrons. The van der Waals surface area contributed by atoms with Gasteiger partial charge in [-0.3, -0.25) is 0 Å². The molecule has 1 nitrogen and oxygen atoms in total. The van der Waals surface area contributed by atoms with Gasteiger partial charge in [-0.05, 0) is 90.7 Å². The van der Waals surface area contributed by atoms with Crippen LogP contribution in [0.4, 0.5) is 4.39 Å². The minimum Gasteiger partial charge on any atom is -0.317 e. The first-order valence-corrected chi connectivity index (χ1v) is 9.09. The van der Waals surface area contributed by atoms with Gasteiger partial charge in [0.1, 0.15) is 5.82 Å². The molecule has 0 aromatic heterocycles. The summed E-state index contributed by atoms with van der Waals surface area (Å²) in [5, 5.41) is 3.54. The lowest BCUT2D eigenvalue weighted by Crippen LogP contribution is -2.26. The van der Waals surface area contributed by atoms with E-state index in [0.717, 1.165) is 19.5 Å². The molecule has 1 N–H and O–H groups in total. The van der Waals surface area contributed by atoms with Crippen molar-refractivity contribution in [2.24, 2.45) is 5.41 Å². The molecule has 0 saturated heterocycles. The largest absolute Gasteiger partial charge is 0.317 e. The molecule has 1 aliphatic rings. The molecular formula is C18H27BrFN. The highest BCUT2D eigenvalue weighted by Gasteiger charge is 2.32. The van der Waals surface area contributed by atoms with E-state index in [0.29, 0.717) is 9.89 Å². The van der Waals surface area contributed by atoms with Crippen LogP contribution in [0, 0.1) is 11.2 Å². The molecule has 0 bridgehead atoms. The fourth-order valence-corrected chi connectivity index (χ4v) is 3.94. The molecule has 0 amide bonds. The van der Waals surface area contributed by atoms with E-state index in [1.165, 1.54) is 50.5 Å². The molecule has 21 heavy (non-hydrogen) atoms. The van der Waals surface area contributed by atoms with Gasteiger partial charge in [0.05, 0.1) is 4.47 Å². The van der Waals surface area contributed by atoms with Gasteiger partial charge < -0.3 is 5.32 Å². The number of aryl methyl sites for hydroxylation is 1. The van der Waals surface area contributed by atoms with E-state index in [-0.39, 0.29) is 5.82 Å². The molecule has 0 spiro atoms. The Kier molecular flexibility index (Phi) is 6.69. The Morgan fingerprint density at radius 3 is 2.62 bits per heavy atom. The van der Waals surface area contributed by atoms with E-state index in [2.05, 4.69) is 28.2 Å². The highest BCUT2D eigenvalue weighted by Crippen LogP contribution is 2.44. The van der Waals surface area contributed by atoms with Gasteiger partial charge in [0.15, 0.2) is 0 Å². The Balaban J connectivity index is 1.88. The second-order valence-corrected chi connectivity index (χ2v) is 7.31. The van der Waals surface area contributed by atoms with Crippen LogP contribution in [-0.2, 0) is 6.42 Å². The van der Waals surface area contributed by atoms with Crippen molar-refractivity contribution in [3.8, 4) is 0 Å². The van der Waals surface area contributed by atoms with E-state index in [1.807, 2.05) is 12.1 Å². The summed E-state index contributed by atoms with van der Waals surface area (Å²) >= 11 is 3.29. The normalized spacial score (nSPS) is 17.3. The van der Waals surface area contributed by atoms with Crippen LogP contribution in [0.2, 0.25) is 0 Å². The van der Waals surface area contributed by atoms with Crippen LogP contribution < -0.4 is 5.32 Å². The maximum absolute atomic E-state index is 13.3. The molecular weight excluding hydrogens is 329 g/mol. The first kappa shape index (κ1) is 17.0. The summed E-state index contributed by atoms with van der Waals surface area (Å²) in [6, 6.07) is 5.44. The molecule has 0 atom stereocenters. The highest BCUT2D eigenvalue weighted by molar-refractivity contribution is 9.10. The van der Waals surface area contributed by atoms with Crippen molar-refractivity contribution >= 4 is 15.9 Å². The molecule has 1 aromatic rings. The monoisotopic (exact) mass is 355 g/mol. The van der Waals surface area contributed by atoms with Gasteiger partial charge in [0.2, 0.25) is 0 Å². The van der Waals surface area contributed by atoms with Gasteiger partial charge in [0.25, 0.3) is 0 Å². The third-order valence-corrected chi connectivity index (χ3v) is 5.46. The molecule has 1 aliphatic carbocycles. The van der Waals surface area contributed by atoms with E-state index in [4.69, 9.17) is 0 Å². The maximum atomic E-state index is 13.3. The minimum absolute atomic E-state index is 0.168. The van der Waals surface area contributed by atoms with E-state index in [1.54, 1.807) is 6.07 Å². The molecule has 1 saturated carbocycles. The summed E-state index contributed by atoms with van der Waals surface area (Å²) in [7, 11) is 0. The zero-order valence-corrected chi connectivity index (χ0v) is 14.6. The second-order valence-electron chi connectivity index (χ2n) is 6.46. The average Bonchev–Trinajstić information content (AvgIpc) is 2.94. The number of nitrogens with one attached hydrogen (secondary N) is 1. The maximum Gasteiger partial charge on any atom is 0.137 e. The Hall–Kier alpha value is -0.410. The Morgan fingerprint density at radius 1 is 1.19 bits per heavy atom. The summed E-state index contributed by atoms with van der Waals surface area (Å²) in [6.45, 7) is 4.48. The number of hydrogen-bond donors (Lipinski definition) is 1. The molecule has 1 fully saturated rings. The Bertz CT molecular complexity index is 441. The van der Waals surface area contributed by atoms with E-state index >= 15 is 0 Å². The number of halogens is 2. The standard InChI is InChI=1S/C18H27BrFN/c1-2-12-21-13-11-18(8-3-4-9-18)10-7-15-5-6-17(20)16(19)14-15/h5-6,14,21H,2-4,7-13H2,1H3. The first-order chi connectivity index (χ1) is 10.2. The van der Waals surface area contributed by atoms with Gasteiger partial charge in [0, 0.05) is 0 Å². The Morgan fingerprint density at radius 2 is 1.95 bits per heavy atom. The van der Waals surface area contributed by atoms with Crippen molar-refractivity contribution < 1.29 is 4.39 Å². The van der Waals surface area contributed by atoms with Crippen molar-refractivity contribution in [2.45, 2.75) is 58.3 Å². The van der Waals surface area contributed by atoms with Crippen molar-refractivity contribution in [3.05, 3.63) is 34.1 Å². The van der Waals surface area contributed by atoms with Crippen molar-refractivity contribution in [3.63, 3.8) is 0 Å². The SMILES string of the molecule is CCCNCCC1(CCc2ccc(F)c(Br)c2)CCCC1. The number of hydrogen-bond acceptors (Lipinski definition) is 1. The smallest absolute Gasteiger partial charge is 0.137 e. The van der Waals surface area contributed by atoms with Gasteiger partial charge >= 0.3 is 0 Å². The zero-order valence-electron chi connectivity index (χ0n) is 13.1. The average molecular weight is 356 g/mol. The van der Waals surface area contributed by atoms with Crippen molar-refractivity contribution in [1.29, 1.82) is 0 Å². The predicted molar refractivity (Wildman–Crippen MR) is 91.1 cm³/mol. The van der Waals surface area contributed by atoms with Crippen LogP contribution in [0.25, 0.3) is 0 Å². The molecule has 1 aromatic carbocycles. The quantitative estimate of drug-likeness (QED) is 0.609. The van der Waals surface area contributed by atoms with Crippen LogP contribution in [-0.4, -0.2) is 13.1 Å². The fourth-order valence-electron chi connectivity index (χ4n) is 3.51. The molecule has 2 rings (SSSR count). The lowest BCUT2D eigenvalue weighted by Gasteiger charge is -2.29. The summed E-state index contributed by atoms with van der Waals surface area (Å²) in [5.41, 5.74) is 1.76. The van der Waals surface area contributed by atoms with E-state index in [9.17, 15) is 4.39 Å². The predicted octanol–water partition coefficient (Wildman–Crippen LogP) is 5.47. The molecule has 0 aliphatic heterocycles. The summed E-state index contributed by atoms with van der Waals surface area (Å²) < 4.78 is 13.9.